The highest BCUT2D eigenvalue weighted by molar-refractivity contribution is 4.99. The van der Waals surface area contributed by atoms with E-state index >= 15 is 0 Å². The van der Waals surface area contributed by atoms with Crippen molar-refractivity contribution in [3.63, 3.8) is 0 Å². The fraction of sp³-hybridized carbons (Fsp3) is 0.500. The molecule has 1 heteroatoms. The molecular formula is C6H11N. The summed E-state index contributed by atoms with van der Waals surface area (Å²) in [6.07, 6.45) is 3.12. The van der Waals surface area contributed by atoms with Gasteiger partial charge in [-0.3, -0.25) is 0 Å². The molecule has 0 aliphatic heterocycles. The Balaban J connectivity index is 0. The summed E-state index contributed by atoms with van der Waals surface area (Å²) in [5, 5.41) is 7.73. The van der Waals surface area contributed by atoms with E-state index in [0.717, 1.165) is 0 Å². The first-order valence-corrected chi connectivity index (χ1v) is 2.42. The van der Waals surface area contributed by atoms with Gasteiger partial charge in [-0.15, -0.1) is 0 Å². The Morgan fingerprint density at radius 3 is 1.86 bits per heavy atom. The molecule has 0 saturated carbocycles. The lowest BCUT2D eigenvalue weighted by Gasteiger charge is -1.47. The van der Waals surface area contributed by atoms with Crippen LogP contribution in [0.4, 0.5) is 0 Å². The van der Waals surface area contributed by atoms with E-state index in [1.807, 2.05) is 26.8 Å². The molecule has 0 aromatic carbocycles. The van der Waals surface area contributed by atoms with E-state index in [9.17, 15) is 0 Å². The van der Waals surface area contributed by atoms with Gasteiger partial charge in [-0.25, -0.2) is 0 Å². The van der Waals surface area contributed by atoms with Gasteiger partial charge in [0, 0.05) is 6.08 Å². The van der Waals surface area contributed by atoms with Crippen LogP contribution in [0, 0.1) is 11.3 Å². The number of nitriles is 1. The molecular weight excluding hydrogens is 86.1 g/mol. The Hall–Kier alpha value is -0.770. The Morgan fingerprint density at radius 2 is 1.86 bits per heavy atom. The van der Waals surface area contributed by atoms with E-state index in [0.29, 0.717) is 0 Å². The second-order valence-corrected chi connectivity index (χ2v) is 0.629. The van der Waals surface area contributed by atoms with Crippen LogP contribution in [-0.2, 0) is 0 Å². The molecule has 0 radical (unpaired) electrons. The predicted octanol–water partition coefficient (Wildman–Crippen LogP) is 2.11. The highest BCUT2D eigenvalue weighted by Crippen LogP contribution is 1.58. The first-order chi connectivity index (χ1) is 3.41. The second kappa shape index (κ2) is 18.8. The lowest BCUT2D eigenvalue weighted by Crippen LogP contribution is -1.35. The Bertz CT molecular complexity index is 66.7. The van der Waals surface area contributed by atoms with E-state index in [1.54, 1.807) is 6.08 Å². The van der Waals surface area contributed by atoms with Crippen LogP contribution in [0.15, 0.2) is 12.2 Å². The number of nitrogens with zero attached hydrogens (tertiary/aromatic N) is 1. The molecule has 0 aromatic heterocycles. The lowest BCUT2D eigenvalue weighted by atomic mass is 10.6. The Kier molecular flexibility index (Phi) is 25.6. The van der Waals surface area contributed by atoms with Gasteiger partial charge in [-0.05, 0) is 6.92 Å². The van der Waals surface area contributed by atoms with E-state index in [-0.39, 0.29) is 0 Å². The smallest absolute Gasteiger partial charge is 0.0908 e. The summed E-state index contributed by atoms with van der Waals surface area (Å²) in [6.45, 7) is 5.81. The van der Waals surface area contributed by atoms with Gasteiger partial charge in [0.2, 0.25) is 0 Å². The molecule has 0 spiro atoms. The van der Waals surface area contributed by atoms with Crippen LogP contribution in [0.1, 0.15) is 20.8 Å². The van der Waals surface area contributed by atoms with Crippen LogP contribution in [-0.4, -0.2) is 0 Å². The average Bonchev–Trinajstić information content (AvgIpc) is 1.75. The summed E-state index contributed by atoms with van der Waals surface area (Å²) in [4.78, 5) is 0. The van der Waals surface area contributed by atoms with Crippen molar-refractivity contribution >= 4 is 0 Å². The summed E-state index contributed by atoms with van der Waals surface area (Å²) in [5.41, 5.74) is 0. The van der Waals surface area contributed by atoms with Crippen LogP contribution in [0.5, 0.6) is 0 Å². The van der Waals surface area contributed by atoms with Gasteiger partial charge in [0.25, 0.3) is 0 Å². The van der Waals surface area contributed by atoms with Crippen LogP contribution in [0.2, 0.25) is 0 Å². The van der Waals surface area contributed by atoms with Crippen molar-refractivity contribution in [3.05, 3.63) is 12.2 Å². The fourth-order valence-electron chi connectivity index (χ4n) is 0.0745. The van der Waals surface area contributed by atoms with Crippen molar-refractivity contribution in [1.29, 1.82) is 5.26 Å². The van der Waals surface area contributed by atoms with E-state index < -0.39 is 0 Å². The minimum absolute atomic E-state index is 1.43. The summed E-state index contributed by atoms with van der Waals surface area (Å²) < 4.78 is 0. The molecule has 0 amide bonds. The molecule has 0 fully saturated rings. The maximum atomic E-state index is 7.73. The van der Waals surface area contributed by atoms with Gasteiger partial charge in [0.1, 0.15) is 0 Å². The number of allylic oxidation sites excluding steroid dienone is 2. The lowest BCUT2D eigenvalue weighted by molar-refractivity contribution is 1.50. The van der Waals surface area contributed by atoms with Gasteiger partial charge in [0.05, 0.1) is 6.07 Å². The van der Waals surface area contributed by atoms with Crippen molar-refractivity contribution in [3.8, 4) is 6.07 Å². The molecule has 0 rings (SSSR count). The molecule has 40 valence electrons. The highest BCUT2D eigenvalue weighted by Gasteiger charge is 1.45. The van der Waals surface area contributed by atoms with Crippen molar-refractivity contribution in [2.45, 2.75) is 20.8 Å². The van der Waals surface area contributed by atoms with Gasteiger partial charge < -0.3 is 0 Å². The molecule has 0 heterocycles. The molecule has 0 aromatic rings. The first kappa shape index (κ1) is 9.52. The largest absolute Gasteiger partial charge is 0.193 e. The standard InChI is InChI=1S/C4H5N.C2H6/c1-2-3-4-5;1-2/h2-3H,1H3;1-2H3/b3-2+;. The predicted molar refractivity (Wildman–Crippen MR) is 31.8 cm³/mol. The second-order valence-electron chi connectivity index (χ2n) is 0.629. The molecule has 1 nitrogen and oxygen atoms in total. The zero-order valence-corrected chi connectivity index (χ0v) is 5.10. The van der Waals surface area contributed by atoms with Gasteiger partial charge in [-0.1, -0.05) is 19.9 Å². The summed E-state index contributed by atoms with van der Waals surface area (Å²) in [6, 6.07) is 1.84. The first-order valence-electron chi connectivity index (χ1n) is 2.42. The SMILES string of the molecule is C/C=C/C#N.CC. The molecule has 0 N–H and O–H groups in total. The zero-order valence-electron chi connectivity index (χ0n) is 5.10. The van der Waals surface area contributed by atoms with Crippen molar-refractivity contribution in [2.24, 2.45) is 0 Å². The topological polar surface area (TPSA) is 23.8 Å². The molecule has 0 atom stereocenters. The summed E-state index contributed by atoms with van der Waals surface area (Å²) >= 11 is 0. The van der Waals surface area contributed by atoms with Crippen molar-refractivity contribution in [1.82, 2.24) is 0 Å². The van der Waals surface area contributed by atoms with Crippen molar-refractivity contribution < 1.29 is 0 Å². The quantitative estimate of drug-likeness (QED) is 0.425. The van der Waals surface area contributed by atoms with Crippen LogP contribution < -0.4 is 0 Å². The zero-order chi connectivity index (χ0) is 6.12. The minimum atomic E-state index is 1.43. The van der Waals surface area contributed by atoms with Crippen LogP contribution >= 0.6 is 0 Å². The number of hydrogen-bond donors (Lipinski definition) is 0. The Labute approximate surface area is 45.3 Å². The number of hydrogen-bond acceptors (Lipinski definition) is 1. The molecule has 0 aliphatic carbocycles. The third kappa shape index (κ3) is 36.1. The van der Waals surface area contributed by atoms with E-state index in [1.165, 1.54) is 6.08 Å². The third-order valence-corrected chi connectivity index (χ3v) is 0.241. The van der Waals surface area contributed by atoms with Crippen LogP contribution in [0.25, 0.3) is 0 Å². The minimum Gasteiger partial charge on any atom is -0.193 e. The van der Waals surface area contributed by atoms with Gasteiger partial charge in [0.15, 0.2) is 0 Å². The van der Waals surface area contributed by atoms with E-state index in [2.05, 4.69) is 0 Å². The maximum Gasteiger partial charge on any atom is 0.0908 e. The molecule has 0 saturated heterocycles. The monoisotopic (exact) mass is 97.1 g/mol. The summed E-state index contributed by atoms with van der Waals surface area (Å²) in [5.74, 6) is 0. The summed E-state index contributed by atoms with van der Waals surface area (Å²) in [7, 11) is 0. The molecule has 7 heavy (non-hydrogen) atoms. The Morgan fingerprint density at radius 1 is 1.43 bits per heavy atom. The highest BCUT2D eigenvalue weighted by atomic mass is 14.2. The van der Waals surface area contributed by atoms with Gasteiger partial charge >= 0.3 is 0 Å². The fourth-order valence-corrected chi connectivity index (χ4v) is 0.0745. The van der Waals surface area contributed by atoms with Crippen molar-refractivity contribution in [2.75, 3.05) is 0 Å². The van der Waals surface area contributed by atoms with Crippen LogP contribution in [0.3, 0.4) is 0 Å². The van der Waals surface area contributed by atoms with E-state index in [4.69, 9.17) is 5.26 Å². The third-order valence-electron chi connectivity index (χ3n) is 0.241. The normalized spacial score (nSPS) is 6.57. The molecule has 0 unspecified atom stereocenters. The average molecular weight is 97.2 g/mol. The molecule has 0 aliphatic rings. The number of rotatable bonds is 0. The molecule has 0 bridgehead atoms. The maximum absolute atomic E-state index is 7.73. The van der Waals surface area contributed by atoms with Gasteiger partial charge in [-0.2, -0.15) is 5.26 Å².